The molecule has 0 aliphatic heterocycles. The molecule has 0 saturated heterocycles. The highest BCUT2D eigenvalue weighted by Gasteiger charge is 2.18. The number of allylic oxidation sites excluding steroid dienone is 4. The van der Waals surface area contributed by atoms with E-state index in [-0.39, 0.29) is 0 Å². The highest BCUT2D eigenvalue weighted by molar-refractivity contribution is 6.14. The first-order valence-electron chi connectivity index (χ1n) is 15.8. The van der Waals surface area contributed by atoms with Crippen LogP contribution >= 0.6 is 0 Å². The van der Waals surface area contributed by atoms with Gasteiger partial charge in [0, 0.05) is 16.8 Å². The second kappa shape index (κ2) is 11.8. The number of hydrogen-bond acceptors (Lipinski definition) is 1. The van der Waals surface area contributed by atoms with Crippen molar-refractivity contribution in [3.8, 4) is 22.3 Å². The van der Waals surface area contributed by atoms with Crippen LogP contribution in [-0.4, -0.2) is 0 Å². The highest BCUT2D eigenvalue weighted by atomic mass is 15.1. The molecule has 0 atom stereocenters. The third kappa shape index (κ3) is 5.13. The summed E-state index contributed by atoms with van der Waals surface area (Å²) in [6.45, 7) is 0. The summed E-state index contributed by atoms with van der Waals surface area (Å²) in [7, 11) is 0. The lowest BCUT2D eigenvalue weighted by Crippen LogP contribution is -2.10. The number of benzene rings is 7. The average molecular weight is 576 g/mol. The van der Waals surface area contributed by atoms with E-state index in [1.807, 2.05) is 0 Å². The fourth-order valence-electron chi connectivity index (χ4n) is 6.67. The maximum atomic E-state index is 2.39. The molecule has 7 aromatic carbocycles. The maximum Gasteiger partial charge on any atom is 0.0546 e. The third-order valence-corrected chi connectivity index (χ3v) is 8.87. The van der Waals surface area contributed by atoms with E-state index in [9.17, 15) is 0 Å². The van der Waals surface area contributed by atoms with E-state index in [0.717, 1.165) is 24.2 Å². The van der Waals surface area contributed by atoms with Gasteiger partial charge in [-0.25, -0.2) is 0 Å². The minimum atomic E-state index is 1.09. The molecule has 1 aliphatic rings. The Hall–Kier alpha value is -5.66. The predicted octanol–water partition coefficient (Wildman–Crippen LogP) is 12.5. The second-order valence-corrected chi connectivity index (χ2v) is 11.6. The Morgan fingerprint density at radius 1 is 0.422 bits per heavy atom. The van der Waals surface area contributed by atoms with Crippen LogP contribution in [0.15, 0.2) is 176 Å². The van der Waals surface area contributed by atoms with Crippen molar-refractivity contribution in [1.29, 1.82) is 0 Å². The third-order valence-electron chi connectivity index (χ3n) is 8.87. The van der Waals surface area contributed by atoms with Gasteiger partial charge in [0.15, 0.2) is 0 Å². The van der Waals surface area contributed by atoms with Crippen LogP contribution in [0.5, 0.6) is 0 Å². The number of para-hydroxylation sites is 1. The summed E-state index contributed by atoms with van der Waals surface area (Å²) >= 11 is 0. The Balaban J connectivity index is 1.29. The van der Waals surface area contributed by atoms with E-state index < -0.39 is 0 Å². The summed E-state index contributed by atoms with van der Waals surface area (Å²) in [5, 5.41) is 5.01. The van der Waals surface area contributed by atoms with Gasteiger partial charge in [-0.05, 0) is 98.8 Å². The Kier molecular flexibility index (Phi) is 7.05. The van der Waals surface area contributed by atoms with Crippen molar-refractivity contribution >= 4 is 44.2 Å². The van der Waals surface area contributed by atoms with Crippen molar-refractivity contribution in [2.45, 2.75) is 12.8 Å². The van der Waals surface area contributed by atoms with E-state index in [1.165, 1.54) is 60.6 Å². The molecule has 0 unspecified atom stereocenters. The van der Waals surface area contributed by atoms with Crippen LogP contribution in [0.3, 0.4) is 0 Å². The zero-order chi connectivity index (χ0) is 30.0. The number of fused-ring (bicyclic) bond motifs is 3. The lowest BCUT2D eigenvalue weighted by Gasteiger charge is -2.28. The van der Waals surface area contributed by atoms with Gasteiger partial charge in [0.1, 0.15) is 0 Å². The van der Waals surface area contributed by atoms with E-state index in [4.69, 9.17) is 0 Å². The quantitative estimate of drug-likeness (QED) is 0.178. The zero-order valence-corrected chi connectivity index (χ0v) is 25.1. The molecule has 8 rings (SSSR count). The molecule has 0 fully saturated rings. The van der Waals surface area contributed by atoms with Crippen molar-refractivity contribution in [3.63, 3.8) is 0 Å². The van der Waals surface area contributed by atoms with Gasteiger partial charge < -0.3 is 4.90 Å². The Bertz CT molecular complexity index is 2190. The molecule has 0 N–H and O–H groups in total. The summed E-state index contributed by atoms with van der Waals surface area (Å²) < 4.78 is 0. The van der Waals surface area contributed by atoms with E-state index in [2.05, 4.69) is 181 Å². The number of rotatable bonds is 6. The molecule has 0 aromatic heterocycles. The van der Waals surface area contributed by atoms with Crippen LogP contribution in [-0.2, 0) is 0 Å². The normalized spacial score (nSPS) is 12.8. The van der Waals surface area contributed by atoms with Crippen LogP contribution in [0, 0.1) is 0 Å². The Morgan fingerprint density at radius 2 is 1.04 bits per heavy atom. The second-order valence-electron chi connectivity index (χ2n) is 11.6. The first-order valence-corrected chi connectivity index (χ1v) is 15.8. The predicted molar refractivity (Wildman–Crippen MR) is 193 cm³/mol. The SMILES string of the molecule is C1=CC(c2ccc(-c3ccccc3)c(-c3ccc(N(c4ccccc4)c4cc5ccccc5c5ccccc45)cc3)c2)=CCC1. The molecular formula is C44H33N. The molecule has 1 heteroatoms. The van der Waals surface area contributed by atoms with Crippen LogP contribution in [0.1, 0.15) is 18.4 Å². The molecule has 0 bridgehead atoms. The molecule has 0 saturated carbocycles. The molecule has 1 aliphatic carbocycles. The van der Waals surface area contributed by atoms with Crippen molar-refractivity contribution in [2.24, 2.45) is 0 Å². The molecular weight excluding hydrogens is 542 g/mol. The molecule has 0 heterocycles. The van der Waals surface area contributed by atoms with E-state index in [1.54, 1.807) is 0 Å². The smallest absolute Gasteiger partial charge is 0.0546 e. The van der Waals surface area contributed by atoms with Gasteiger partial charge in [0.25, 0.3) is 0 Å². The van der Waals surface area contributed by atoms with Crippen LogP contribution in [0.25, 0.3) is 49.4 Å². The Morgan fingerprint density at radius 3 is 1.80 bits per heavy atom. The van der Waals surface area contributed by atoms with E-state index in [0.29, 0.717) is 0 Å². The Labute approximate surface area is 265 Å². The first-order chi connectivity index (χ1) is 22.3. The van der Waals surface area contributed by atoms with Gasteiger partial charge in [0.05, 0.1) is 5.69 Å². The first kappa shape index (κ1) is 26.9. The number of nitrogens with zero attached hydrogens (tertiary/aromatic N) is 1. The lowest BCUT2D eigenvalue weighted by atomic mass is 9.90. The van der Waals surface area contributed by atoms with Crippen molar-refractivity contribution < 1.29 is 0 Å². The summed E-state index contributed by atoms with van der Waals surface area (Å²) in [6.07, 6.45) is 9.11. The summed E-state index contributed by atoms with van der Waals surface area (Å²) in [6, 6.07) is 57.2. The monoisotopic (exact) mass is 575 g/mol. The largest absolute Gasteiger partial charge is 0.310 e. The topological polar surface area (TPSA) is 3.24 Å². The highest BCUT2D eigenvalue weighted by Crippen LogP contribution is 2.43. The van der Waals surface area contributed by atoms with Gasteiger partial charge in [-0.1, -0.05) is 140 Å². The summed E-state index contributed by atoms with van der Waals surface area (Å²) in [5.41, 5.74) is 10.9. The molecule has 214 valence electrons. The van der Waals surface area contributed by atoms with Gasteiger partial charge in [-0.2, -0.15) is 0 Å². The van der Waals surface area contributed by atoms with Gasteiger partial charge in [-0.15, -0.1) is 0 Å². The lowest BCUT2D eigenvalue weighted by molar-refractivity contribution is 1.04. The van der Waals surface area contributed by atoms with Gasteiger partial charge >= 0.3 is 0 Å². The fraction of sp³-hybridized carbons (Fsp3) is 0.0455. The number of hydrogen-bond donors (Lipinski definition) is 0. The van der Waals surface area contributed by atoms with Crippen LogP contribution in [0.4, 0.5) is 17.1 Å². The molecule has 0 amide bonds. The molecule has 1 nitrogen and oxygen atoms in total. The molecule has 7 aromatic rings. The zero-order valence-electron chi connectivity index (χ0n) is 25.1. The minimum Gasteiger partial charge on any atom is -0.310 e. The van der Waals surface area contributed by atoms with Crippen LogP contribution in [0.2, 0.25) is 0 Å². The maximum absolute atomic E-state index is 2.39. The average Bonchev–Trinajstić information content (AvgIpc) is 3.13. The molecule has 0 radical (unpaired) electrons. The van der Waals surface area contributed by atoms with Crippen LogP contribution < -0.4 is 4.90 Å². The number of anilines is 3. The summed E-state index contributed by atoms with van der Waals surface area (Å²) in [4.78, 5) is 2.39. The van der Waals surface area contributed by atoms with Gasteiger partial charge in [0.2, 0.25) is 0 Å². The van der Waals surface area contributed by atoms with E-state index >= 15 is 0 Å². The standard InChI is InChI=1S/C44H33N/c1-4-14-32(15-5-1)35-26-29-40(33-16-6-2-7-17-33)43(30-35)34-24-27-38(28-25-34)45(37-19-8-3-9-20-37)44-31-36-18-10-11-21-39(36)41-22-12-13-23-42(41)44/h2-4,6-31H,1,5H2. The van der Waals surface area contributed by atoms with Crippen molar-refractivity contribution in [3.05, 3.63) is 182 Å². The summed E-state index contributed by atoms with van der Waals surface area (Å²) in [5.74, 6) is 0. The van der Waals surface area contributed by atoms with Crippen molar-refractivity contribution in [2.75, 3.05) is 4.90 Å². The minimum absolute atomic E-state index is 1.09. The molecule has 45 heavy (non-hydrogen) atoms. The fourth-order valence-corrected chi connectivity index (χ4v) is 6.67. The van der Waals surface area contributed by atoms with Gasteiger partial charge in [-0.3, -0.25) is 0 Å². The van der Waals surface area contributed by atoms with Crippen molar-refractivity contribution in [1.82, 2.24) is 0 Å². The molecule has 0 spiro atoms.